The van der Waals surface area contributed by atoms with Crippen molar-refractivity contribution in [2.24, 2.45) is 0 Å². The van der Waals surface area contributed by atoms with Crippen LogP contribution in [0.4, 0.5) is 18.9 Å². The van der Waals surface area contributed by atoms with Crippen LogP contribution in [0.5, 0.6) is 0 Å². The van der Waals surface area contributed by atoms with E-state index in [-0.39, 0.29) is 9.97 Å². The number of amides is 1. The Labute approximate surface area is 132 Å². The molecule has 23 heavy (non-hydrogen) atoms. The molecule has 2 heterocycles. The number of aromatic nitrogens is 4. The fourth-order valence-electron chi connectivity index (χ4n) is 1.95. The largest absolute Gasteiger partial charge is 0.453 e. The minimum atomic E-state index is -4.69. The number of anilines is 1. The third-order valence-electron chi connectivity index (χ3n) is 3.29. The molecule has 1 amide bonds. The van der Waals surface area contributed by atoms with Crippen LogP contribution in [0.3, 0.4) is 0 Å². The number of hydrogen-bond acceptors (Lipinski definition) is 5. The monoisotopic (exact) mass is 341 g/mol. The van der Waals surface area contributed by atoms with Gasteiger partial charge in [0.2, 0.25) is 9.97 Å². The van der Waals surface area contributed by atoms with E-state index in [0.717, 1.165) is 22.5 Å². The molecular weight excluding hydrogens is 331 g/mol. The lowest BCUT2D eigenvalue weighted by Gasteiger charge is -2.08. The Morgan fingerprint density at radius 2 is 2.00 bits per heavy atom. The number of nitrogens with one attached hydrogen (secondary N) is 1. The van der Waals surface area contributed by atoms with Gasteiger partial charge in [0, 0.05) is 5.69 Å². The molecule has 3 rings (SSSR count). The average Bonchev–Trinajstić information content (AvgIpc) is 3.02. The van der Waals surface area contributed by atoms with Crippen LogP contribution in [0, 0.1) is 13.8 Å². The minimum absolute atomic E-state index is 0.0940. The molecule has 0 spiro atoms. The topological polar surface area (TPSA) is 72.2 Å². The molecule has 0 radical (unpaired) electrons. The number of halogens is 3. The molecule has 0 fully saturated rings. The predicted molar refractivity (Wildman–Crippen MR) is 77.5 cm³/mol. The predicted octanol–water partition coefficient (Wildman–Crippen LogP) is 3.07. The smallest absolute Gasteiger partial charge is 0.320 e. The average molecular weight is 341 g/mol. The van der Waals surface area contributed by atoms with E-state index in [9.17, 15) is 18.0 Å². The van der Waals surface area contributed by atoms with Gasteiger partial charge in [0.25, 0.3) is 11.7 Å². The lowest BCUT2D eigenvalue weighted by molar-refractivity contribution is -0.146. The molecule has 10 heteroatoms. The molecular formula is C13H10F3N5OS. The summed E-state index contributed by atoms with van der Waals surface area (Å²) >= 11 is 0.738. The van der Waals surface area contributed by atoms with Gasteiger partial charge in [-0.2, -0.15) is 17.7 Å². The highest BCUT2D eigenvalue weighted by molar-refractivity contribution is 7.18. The zero-order valence-electron chi connectivity index (χ0n) is 12.0. The Bertz CT molecular complexity index is 899. The first-order valence-electron chi connectivity index (χ1n) is 6.44. The van der Waals surface area contributed by atoms with Crippen molar-refractivity contribution in [3.05, 3.63) is 40.2 Å². The van der Waals surface area contributed by atoms with Gasteiger partial charge in [-0.3, -0.25) is 4.79 Å². The first kappa shape index (κ1) is 15.4. The second kappa shape index (κ2) is 5.30. The fraction of sp³-hybridized carbons (Fsp3) is 0.231. The molecule has 1 N–H and O–H groups in total. The third kappa shape index (κ3) is 2.77. The van der Waals surface area contributed by atoms with Gasteiger partial charge >= 0.3 is 6.18 Å². The Balaban J connectivity index is 1.93. The lowest BCUT2D eigenvalue weighted by Crippen LogP contribution is -2.15. The molecule has 0 aliphatic heterocycles. The number of fused-ring (bicyclic) bond motifs is 1. The summed E-state index contributed by atoms with van der Waals surface area (Å²) in [6.07, 6.45) is -4.69. The number of nitrogens with zero attached hydrogens (tertiary/aromatic N) is 4. The summed E-state index contributed by atoms with van der Waals surface area (Å²) in [6.45, 7) is 3.73. The SMILES string of the molecule is Cc1cccc(NC(=O)c2nn3c(C(F)(F)F)nnc3s2)c1C. The number of hydrogen-bond donors (Lipinski definition) is 1. The van der Waals surface area contributed by atoms with Crippen LogP contribution in [0.25, 0.3) is 4.96 Å². The van der Waals surface area contributed by atoms with Crippen LogP contribution < -0.4 is 5.32 Å². The maximum absolute atomic E-state index is 12.7. The van der Waals surface area contributed by atoms with E-state index in [4.69, 9.17) is 0 Å². The second-order valence-electron chi connectivity index (χ2n) is 4.82. The zero-order chi connectivity index (χ0) is 16.8. The van der Waals surface area contributed by atoms with Crippen molar-refractivity contribution >= 4 is 27.9 Å². The van der Waals surface area contributed by atoms with Crippen LogP contribution in [-0.2, 0) is 6.18 Å². The van der Waals surface area contributed by atoms with Crippen molar-refractivity contribution in [3.63, 3.8) is 0 Å². The van der Waals surface area contributed by atoms with E-state index in [1.807, 2.05) is 19.9 Å². The first-order valence-corrected chi connectivity index (χ1v) is 7.26. The van der Waals surface area contributed by atoms with Crippen molar-refractivity contribution in [1.82, 2.24) is 19.8 Å². The van der Waals surface area contributed by atoms with Gasteiger partial charge in [0.15, 0.2) is 0 Å². The Kier molecular flexibility index (Phi) is 3.55. The van der Waals surface area contributed by atoms with Crippen molar-refractivity contribution in [2.45, 2.75) is 20.0 Å². The van der Waals surface area contributed by atoms with Crippen LogP contribution in [0.1, 0.15) is 26.8 Å². The van der Waals surface area contributed by atoms with Gasteiger partial charge in [-0.15, -0.1) is 15.3 Å². The zero-order valence-corrected chi connectivity index (χ0v) is 12.8. The van der Waals surface area contributed by atoms with E-state index < -0.39 is 17.9 Å². The van der Waals surface area contributed by atoms with E-state index in [0.29, 0.717) is 10.2 Å². The second-order valence-corrected chi connectivity index (χ2v) is 5.78. The number of aryl methyl sites for hydroxylation is 1. The van der Waals surface area contributed by atoms with Crippen LogP contribution in [-0.4, -0.2) is 25.7 Å². The number of carbonyl (C=O) groups excluding carboxylic acids is 1. The summed E-state index contributed by atoms with van der Waals surface area (Å²) in [4.78, 5) is 12.1. The molecule has 2 aromatic heterocycles. The molecule has 0 bridgehead atoms. The normalized spacial score (nSPS) is 11.9. The van der Waals surface area contributed by atoms with Crippen LogP contribution in [0.15, 0.2) is 18.2 Å². The maximum Gasteiger partial charge on any atom is 0.453 e. The first-order chi connectivity index (χ1) is 10.8. The van der Waals surface area contributed by atoms with E-state index in [2.05, 4.69) is 20.6 Å². The van der Waals surface area contributed by atoms with E-state index >= 15 is 0 Å². The van der Waals surface area contributed by atoms with Crippen molar-refractivity contribution < 1.29 is 18.0 Å². The van der Waals surface area contributed by atoms with Gasteiger partial charge in [-0.1, -0.05) is 23.5 Å². The molecule has 3 aromatic rings. The summed E-state index contributed by atoms with van der Waals surface area (Å²) < 4.78 is 38.8. The minimum Gasteiger partial charge on any atom is -0.320 e. The third-order valence-corrected chi connectivity index (χ3v) is 4.19. The van der Waals surface area contributed by atoms with Gasteiger partial charge in [0.1, 0.15) is 0 Å². The number of carbonyl (C=O) groups is 1. The Morgan fingerprint density at radius 1 is 1.26 bits per heavy atom. The standard InChI is InChI=1S/C13H10F3N5OS/c1-6-4-3-5-8(7(6)2)17-9(22)10-20-21-11(13(14,15)16)18-19-12(21)23-10/h3-5H,1-2H3,(H,17,22). The summed E-state index contributed by atoms with van der Waals surface area (Å²) in [7, 11) is 0. The molecule has 6 nitrogen and oxygen atoms in total. The Hall–Kier alpha value is -2.49. The van der Waals surface area contributed by atoms with E-state index in [1.165, 1.54) is 0 Å². The van der Waals surface area contributed by atoms with Crippen molar-refractivity contribution in [3.8, 4) is 0 Å². The van der Waals surface area contributed by atoms with Gasteiger partial charge < -0.3 is 5.32 Å². The molecule has 0 atom stereocenters. The van der Waals surface area contributed by atoms with E-state index in [1.54, 1.807) is 12.1 Å². The Morgan fingerprint density at radius 3 is 2.70 bits per heavy atom. The van der Waals surface area contributed by atoms with Crippen LogP contribution >= 0.6 is 11.3 Å². The fourth-order valence-corrected chi connectivity index (χ4v) is 2.68. The summed E-state index contributed by atoms with van der Waals surface area (Å²) in [5.41, 5.74) is 2.44. The van der Waals surface area contributed by atoms with Gasteiger partial charge in [-0.25, -0.2) is 0 Å². The molecule has 0 aliphatic rings. The molecule has 0 saturated carbocycles. The number of rotatable bonds is 2. The molecule has 0 saturated heterocycles. The maximum atomic E-state index is 12.7. The van der Waals surface area contributed by atoms with Crippen LogP contribution in [0.2, 0.25) is 0 Å². The number of benzene rings is 1. The van der Waals surface area contributed by atoms with Crippen molar-refractivity contribution in [2.75, 3.05) is 5.32 Å². The van der Waals surface area contributed by atoms with Gasteiger partial charge in [-0.05, 0) is 31.0 Å². The summed E-state index contributed by atoms with van der Waals surface area (Å²) in [5.74, 6) is -1.85. The molecule has 0 unspecified atom stereocenters. The molecule has 120 valence electrons. The highest BCUT2D eigenvalue weighted by Crippen LogP contribution is 2.29. The van der Waals surface area contributed by atoms with Crippen molar-refractivity contribution in [1.29, 1.82) is 0 Å². The quantitative estimate of drug-likeness (QED) is 0.777. The highest BCUT2D eigenvalue weighted by atomic mass is 32.1. The lowest BCUT2D eigenvalue weighted by atomic mass is 10.1. The molecule has 1 aromatic carbocycles. The van der Waals surface area contributed by atoms with Gasteiger partial charge in [0.05, 0.1) is 0 Å². The summed E-state index contributed by atoms with van der Waals surface area (Å²) in [5, 5.41) is 12.6. The summed E-state index contributed by atoms with van der Waals surface area (Å²) in [6, 6.07) is 5.38. The number of alkyl halides is 3. The highest BCUT2D eigenvalue weighted by Gasteiger charge is 2.38. The molecule has 0 aliphatic carbocycles.